The second kappa shape index (κ2) is 8.79. The van der Waals surface area contributed by atoms with Crippen LogP contribution in [0.2, 0.25) is 0 Å². The van der Waals surface area contributed by atoms with Gasteiger partial charge in [-0.15, -0.1) is 0 Å². The third kappa shape index (κ3) is 5.30. The number of halogens is 1. The molecule has 2 rings (SSSR count). The Labute approximate surface area is 137 Å². The molecule has 2 nitrogen and oxygen atoms in total. The SMILES string of the molecule is CCCC1CCC(CBr)(OCCOc2ccccc2)CC1. The normalized spacial score (nSPS) is 25.7. The van der Waals surface area contributed by atoms with E-state index in [1.807, 2.05) is 30.3 Å². The Balaban J connectivity index is 1.70. The first kappa shape index (κ1) is 16.8. The number of benzene rings is 1. The maximum atomic E-state index is 6.20. The molecule has 118 valence electrons. The van der Waals surface area contributed by atoms with Gasteiger partial charge in [0.15, 0.2) is 0 Å². The number of para-hydroxylation sites is 1. The fourth-order valence-corrected chi connectivity index (χ4v) is 3.87. The monoisotopic (exact) mass is 354 g/mol. The van der Waals surface area contributed by atoms with Gasteiger partial charge < -0.3 is 9.47 Å². The summed E-state index contributed by atoms with van der Waals surface area (Å²) in [5, 5.41) is 0.935. The first-order valence-corrected chi connectivity index (χ1v) is 9.28. The van der Waals surface area contributed by atoms with Gasteiger partial charge >= 0.3 is 0 Å². The molecule has 1 aliphatic carbocycles. The van der Waals surface area contributed by atoms with Crippen molar-refractivity contribution in [1.82, 2.24) is 0 Å². The number of rotatable bonds is 8. The molecule has 3 heteroatoms. The van der Waals surface area contributed by atoms with Crippen LogP contribution in [0.15, 0.2) is 30.3 Å². The summed E-state index contributed by atoms with van der Waals surface area (Å²) in [4.78, 5) is 0. The molecule has 1 saturated carbocycles. The first-order valence-electron chi connectivity index (χ1n) is 8.16. The molecule has 0 radical (unpaired) electrons. The summed E-state index contributed by atoms with van der Waals surface area (Å²) in [5.41, 5.74) is 0.0320. The Morgan fingerprint density at radius 2 is 1.86 bits per heavy atom. The van der Waals surface area contributed by atoms with Crippen LogP contribution in [0.3, 0.4) is 0 Å². The van der Waals surface area contributed by atoms with Crippen molar-refractivity contribution in [2.45, 2.75) is 51.0 Å². The highest BCUT2D eigenvalue weighted by Gasteiger charge is 2.34. The van der Waals surface area contributed by atoms with Crippen LogP contribution >= 0.6 is 15.9 Å². The smallest absolute Gasteiger partial charge is 0.119 e. The molecular weight excluding hydrogens is 328 g/mol. The Bertz CT molecular complexity index is 385. The summed E-state index contributed by atoms with van der Waals surface area (Å²) in [6.45, 7) is 3.57. The Morgan fingerprint density at radius 1 is 1.14 bits per heavy atom. The summed E-state index contributed by atoms with van der Waals surface area (Å²) < 4.78 is 11.9. The zero-order chi connectivity index (χ0) is 15.0. The van der Waals surface area contributed by atoms with Crippen molar-refractivity contribution in [3.05, 3.63) is 30.3 Å². The van der Waals surface area contributed by atoms with E-state index in [-0.39, 0.29) is 5.60 Å². The third-order valence-corrected chi connectivity index (χ3v) is 5.48. The molecule has 0 bridgehead atoms. The molecule has 0 atom stereocenters. The summed E-state index contributed by atoms with van der Waals surface area (Å²) >= 11 is 3.66. The minimum atomic E-state index is 0.0320. The van der Waals surface area contributed by atoms with Gasteiger partial charge in [0, 0.05) is 5.33 Å². The van der Waals surface area contributed by atoms with Gasteiger partial charge in [-0.25, -0.2) is 0 Å². The fraction of sp³-hybridized carbons (Fsp3) is 0.667. The highest BCUT2D eigenvalue weighted by atomic mass is 79.9. The number of alkyl halides is 1. The molecule has 0 aliphatic heterocycles. The second-order valence-corrected chi connectivity index (χ2v) is 6.62. The molecule has 0 N–H and O–H groups in total. The van der Waals surface area contributed by atoms with Gasteiger partial charge in [0.25, 0.3) is 0 Å². The van der Waals surface area contributed by atoms with Crippen LogP contribution in [-0.2, 0) is 4.74 Å². The maximum Gasteiger partial charge on any atom is 0.119 e. The van der Waals surface area contributed by atoms with Crippen LogP contribution in [0, 0.1) is 5.92 Å². The van der Waals surface area contributed by atoms with Crippen LogP contribution in [0.4, 0.5) is 0 Å². The molecule has 1 aliphatic rings. The zero-order valence-electron chi connectivity index (χ0n) is 13.0. The van der Waals surface area contributed by atoms with Gasteiger partial charge in [0.2, 0.25) is 0 Å². The molecule has 1 aromatic carbocycles. The van der Waals surface area contributed by atoms with E-state index in [1.54, 1.807) is 0 Å². The minimum Gasteiger partial charge on any atom is -0.491 e. The van der Waals surface area contributed by atoms with Crippen LogP contribution in [-0.4, -0.2) is 24.1 Å². The molecular formula is C18H27BrO2. The van der Waals surface area contributed by atoms with Gasteiger partial charge in [-0.3, -0.25) is 0 Å². The third-order valence-electron chi connectivity index (χ3n) is 4.46. The van der Waals surface area contributed by atoms with Crippen molar-refractivity contribution in [1.29, 1.82) is 0 Å². The Morgan fingerprint density at radius 3 is 2.48 bits per heavy atom. The summed E-state index contributed by atoms with van der Waals surface area (Å²) in [7, 11) is 0. The van der Waals surface area contributed by atoms with Gasteiger partial charge in [0.1, 0.15) is 12.4 Å². The topological polar surface area (TPSA) is 18.5 Å². The molecule has 0 amide bonds. The summed E-state index contributed by atoms with van der Waals surface area (Å²) in [6.07, 6.45) is 7.63. The van der Waals surface area contributed by atoms with E-state index >= 15 is 0 Å². The highest BCUT2D eigenvalue weighted by Crippen LogP contribution is 2.37. The van der Waals surface area contributed by atoms with Crippen LogP contribution in [0.25, 0.3) is 0 Å². The van der Waals surface area contributed by atoms with Crippen LogP contribution in [0.5, 0.6) is 5.75 Å². The minimum absolute atomic E-state index is 0.0320. The summed E-state index contributed by atoms with van der Waals surface area (Å²) in [6, 6.07) is 9.95. The Hall–Kier alpha value is -0.540. The first-order chi connectivity index (χ1) is 10.3. The molecule has 0 aromatic heterocycles. The van der Waals surface area contributed by atoms with Gasteiger partial charge in [-0.05, 0) is 43.7 Å². The molecule has 1 aromatic rings. The average molecular weight is 355 g/mol. The fourth-order valence-electron chi connectivity index (χ4n) is 3.15. The molecule has 0 spiro atoms. The maximum absolute atomic E-state index is 6.20. The van der Waals surface area contributed by atoms with Crippen molar-refractivity contribution in [2.24, 2.45) is 5.92 Å². The van der Waals surface area contributed by atoms with E-state index in [0.29, 0.717) is 13.2 Å². The molecule has 1 fully saturated rings. The standard InChI is InChI=1S/C18H27BrO2/c1-2-6-16-9-11-18(15-19,12-10-16)21-14-13-20-17-7-4-3-5-8-17/h3-5,7-8,16H,2,6,9-15H2,1H3. The molecule has 0 unspecified atom stereocenters. The lowest BCUT2D eigenvalue weighted by Crippen LogP contribution is -2.40. The largest absolute Gasteiger partial charge is 0.491 e. The predicted molar refractivity (Wildman–Crippen MR) is 91.3 cm³/mol. The van der Waals surface area contributed by atoms with E-state index in [1.165, 1.54) is 38.5 Å². The van der Waals surface area contributed by atoms with Crippen molar-refractivity contribution in [3.63, 3.8) is 0 Å². The second-order valence-electron chi connectivity index (χ2n) is 6.06. The van der Waals surface area contributed by atoms with E-state index in [0.717, 1.165) is 17.0 Å². The van der Waals surface area contributed by atoms with Gasteiger partial charge in [-0.1, -0.05) is 53.9 Å². The summed E-state index contributed by atoms with van der Waals surface area (Å²) in [5.74, 6) is 1.83. The molecule has 0 saturated heterocycles. The van der Waals surface area contributed by atoms with Gasteiger partial charge in [0.05, 0.1) is 12.2 Å². The van der Waals surface area contributed by atoms with E-state index in [4.69, 9.17) is 9.47 Å². The van der Waals surface area contributed by atoms with Crippen molar-refractivity contribution < 1.29 is 9.47 Å². The van der Waals surface area contributed by atoms with Crippen LogP contribution < -0.4 is 4.74 Å². The van der Waals surface area contributed by atoms with Crippen molar-refractivity contribution in [3.8, 4) is 5.75 Å². The number of ether oxygens (including phenoxy) is 2. The lowest BCUT2D eigenvalue weighted by molar-refractivity contribution is -0.0686. The molecule has 0 heterocycles. The average Bonchev–Trinajstić information content (AvgIpc) is 2.55. The number of hydrogen-bond acceptors (Lipinski definition) is 2. The predicted octanol–water partition coefficient (Wildman–Crippen LogP) is 5.21. The van der Waals surface area contributed by atoms with Gasteiger partial charge in [-0.2, -0.15) is 0 Å². The van der Waals surface area contributed by atoms with E-state index in [9.17, 15) is 0 Å². The van der Waals surface area contributed by atoms with Crippen LogP contribution in [0.1, 0.15) is 45.4 Å². The van der Waals surface area contributed by atoms with Crippen molar-refractivity contribution in [2.75, 3.05) is 18.5 Å². The molecule has 21 heavy (non-hydrogen) atoms. The lowest BCUT2D eigenvalue weighted by atomic mass is 9.78. The van der Waals surface area contributed by atoms with Crippen molar-refractivity contribution >= 4 is 15.9 Å². The van der Waals surface area contributed by atoms with E-state index in [2.05, 4.69) is 22.9 Å². The highest BCUT2D eigenvalue weighted by molar-refractivity contribution is 9.09. The Kier molecular flexibility index (Phi) is 7.05. The van der Waals surface area contributed by atoms with E-state index < -0.39 is 0 Å². The number of hydrogen-bond donors (Lipinski definition) is 0. The lowest BCUT2D eigenvalue weighted by Gasteiger charge is -2.39. The quantitative estimate of drug-likeness (QED) is 0.471. The zero-order valence-corrected chi connectivity index (χ0v) is 14.6.